The maximum Gasteiger partial charge on any atom is 0.317 e. The Bertz CT molecular complexity index is 780. The second-order valence-electron chi connectivity index (χ2n) is 7.01. The van der Waals surface area contributed by atoms with Crippen molar-refractivity contribution in [2.24, 2.45) is 5.92 Å². The van der Waals surface area contributed by atoms with E-state index in [4.69, 9.17) is 5.11 Å². The normalized spacial score (nSPS) is 19.2. The van der Waals surface area contributed by atoms with Crippen molar-refractivity contribution in [2.75, 3.05) is 26.2 Å². The van der Waals surface area contributed by atoms with E-state index >= 15 is 0 Å². The highest BCUT2D eigenvalue weighted by Crippen LogP contribution is 2.21. The number of carbonyl (C=O) groups excluding carboxylic acids is 1. The van der Waals surface area contributed by atoms with Gasteiger partial charge in [-0.2, -0.15) is 4.31 Å². The van der Waals surface area contributed by atoms with E-state index in [1.54, 1.807) is 29.2 Å². The smallest absolute Gasteiger partial charge is 0.317 e. The molecule has 2 saturated heterocycles. The number of nitrogens with zero attached hydrogens (tertiary/aromatic N) is 2. The summed E-state index contributed by atoms with van der Waals surface area (Å²) in [6, 6.07) is 6.34. The van der Waals surface area contributed by atoms with Crippen molar-refractivity contribution in [3.05, 3.63) is 29.8 Å². The van der Waals surface area contributed by atoms with Crippen LogP contribution in [0.1, 0.15) is 31.2 Å². The van der Waals surface area contributed by atoms with Crippen molar-refractivity contribution in [1.29, 1.82) is 0 Å². The number of hydrogen-bond donors (Lipinski definition) is 2. The third-order valence-corrected chi connectivity index (χ3v) is 7.11. The number of likely N-dealkylation sites (tertiary alicyclic amines) is 1. The Morgan fingerprint density at radius 1 is 1.04 bits per heavy atom. The number of carboxylic acid groups (broad SMARTS) is 1. The lowest BCUT2D eigenvalue weighted by atomic mass is 9.97. The summed E-state index contributed by atoms with van der Waals surface area (Å²) in [5.41, 5.74) is 0.809. The molecule has 0 atom stereocenters. The average Bonchev–Trinajstić information content (AvgIpc) is 3.22. The monoisotopic (exact) mass is 395 g/mol. The molecule has 0 spiro atoms. The van der Waals surface area contributed by atoms with Gasteiger partial charge in [0.1, 0.15) is 0 Å². The van der Waals surface area contributed by atoms with Gasteiger partial charge in [-0.25, -0.2) is 13.2 Å². The van der Waals surface area contributed by atoms with Crippen molar-refractivity contribution >= 4 is 22.0 Å². The fraction of sp³-hybridized carbons (Fsp3) is 0.556. The molecule has 3 rings (SSSR count). The Hall–Kier alpha value is -2.13. The van der Waals surface area contributed by atoms with Crippen LogP contribution in [-0.4, -0.2) is 60.9 Å². The van der Waals surface area contributed by atoms with Crippen molar-refractivity contribution in [3.8, 4) is 0 Å². The summed E-state index contributed by atoms with van der Waals surface area (Å²) >= 11 is 0. The topological polar surface area (TPSA) is 107 Å². The molecule has 2 heterocycles. The molecule has 0 radical (unpaired) electrons. The molecule has 2 fully saturated rings. The number of carbonyl (C=O) groups is 2. The van der Waals surface area contributed by atoms with E-state index < -0.39 is 16.0 Å². The molecule has 0 aromatic heterocycles. The molecule has 1 aromatic rings. The molecule has 0 saturated carbocycles. The molecule has 2 N–H and O–H groups in total. The quantitative estimate of drug-likeness (QED) is 0.785. The standard InChI is InChI=1S/C18H25N3O5S/c22-17(23)15-7-11-20(12-8-15)18(24)19-13-14-3-5-16(6-4-14)27(25,26)21-9-1-2-10-21/h3-6,15H,1-2,7-13H2,(H,19,24)(H,22,23). The van der Waals surface area contributed by atoms with Crippen LogP contribution in [0.5, 0.6) is 0 Å². The maximum absolute atomic E-state index is 12.5. The average molecular weight is 395 g/mol. The first-order valence-corrected chi connectivity index (χ1v) is 10.7. The van der Waals surface area contributed by atoms with Crippen LogP contribution < -0.4 is 5.32 Å². The molecule has 0 bridgehead atoms. The first kappa shape index (κ1) is 19.6. The molecule has 148 valence electrons. The minimum absolute atomic E-state index is 0.229. The van der Waals surface area contributed by atoms with Gasteiger partial charge in [0.05, 0.1) is 10.8 Å². The molecule has 8 nitrogen and oxygen atoms in total. The second-order valence-corrected chi connectivity index (χ2v) is 8.95. The van der Waals surface area contributed by atoms with Crippen molar-refractivity contribution < 1.29 is 23.1 Å². The fourth-order valence-corrected chi connectivity index (χ4v) is 4.99. The largest absolute Gasteiger partial charge is 0.481 e. The number of benzene rings is 1. The van der Waals surface area contributed by atoms with Gasteiger partial charge in [0.2, 0.25) is 10.0 Å². The fourth-order valence-electron chi connectivity index (χ4n) is 3.48. The molecule has 0 unspecified atom stereocenters. The lowest BCUT2D eigenvalue weighted by molar-refractivity contribution is -0.143. The van der Waals surface area contributed by atoms with Gasteiger partial charge >= 0.3 is 12.0 Å². The third-order valence-electron chi connectivity index (χ3n) is 5.20. The lowest BCUT2D eigenvalue weighted by Gasteiger charge is -2.30. The number of urea groups is 1. The summed E-state index contributed by atoms with van der Waals surface area (Å²) in [5.74, 6) is -1.18. The van der Waals surface area contributed by atoms with Gasteiger partial charge in [0.25, 0.3) is 0 Å². The van der Waals surface area contributed by atoms with Gasteiger partial charge in [0, 0.05) is 32.7 Å². The van der Waals surface area contributed by atoms with Gasteiger partial charge in [-0.15, -0.1) is 0 Å². The van der Waals surface area contributed by atoms with Gasteiger partial charge in [-0.1, -0.05) is 12.1 Å². The van der Waals surface area contributed by atoms with Crippen LogP contribution in [0.25, 0.3) is 0 Å². The second kappa shape index (κ2) is 8.26. The highest BCUT2D eigenvalue weighted by molar-refractivity contribution is 7.89. The number of hydrogen-bond acceptors (Lipinski definition) is 4. The minimum atomic E-state index is -3.43. The minimum Gasteiger partial charge on any atom is -0.481 e. The molecule has 0 aliphatic carbocycles. The molecule has 9 heteroatoms. The lowest BCUT2D eigenvalue weighted by Crippen LogP contribution is -2.45. The highest BCUT2D eigenvalue weighted by atomic mass is 32.2. The zero-order valence-electron chi connectivity index (χ0n) is 15.1. The van der Waals surface area contributed by atoms with Gasteiger partial charge in [-0.05, 0) is 43.4 Å². The van der Waals surface area contributed by atoms with E-state index in [2.05, 4.69) is 5.32 Å². The molecule has 2 aliphatic heterocycles. The number of rotatable bonds is 5. The van der Waals surface area contributed by atoms with Crippen molar-refractivity contribution in [3.63, 3.8) is 0 Å². The molecule has 2 amide bonds. The van der Waals surface area contributed by atoms with E-state index in [9.17, 15) is 18.0 Å². The Kier molecular flexibility index (Phi) is 6.01. The number of nitrogens with one attached hydrogen (secondary N) is 1. The first-order chi connectivity index (χ1) is 12.9. The summed E-state index contributed by atoms with van der Waals surface area (Å²) in [6.07, 6.45) is 2.72. The molecule has 27 heavy (non-hydrogen) atoms. The zero-order valence-corrected chi connectivity index (χ0v) is 16.0. The van der Waals surface area contributed by atoms with Crippen molar-refractivity contribution in [1.82, 2.24) is 14.5 Å². The van der Waals surface area contributed by atoms with Crippen LogP contribution in [0.15, 0.2) is 29.2 Å². The molecule has 1 aromatic carbocycles. The van der Waals surface area contributed by atoms with Crippen LogP contribution in [0, 0.1) is 5.92 Å². The third kappa shape index (κ3) is 4.59. The highest BCUT2D eigenvalue weighted by Gasteiger charge is 2.28. The van der Waals surface area contributed by atoms with E-state index in [0.717, 1.165) is 18.4 Å². The Labute approximate surface area is 159 Å². The number of carboxylic acids is 1. The van der Waals surface area contributed by atoms with Crippen LogP contribution in [0.4, 0.5) is 4.79 Å². The SMILES string of the molecule is O=C(O)C1CCN(C(=O)NCc2ccc(S(=O)(=O)N3CCCC3)cc2)CC1. The van der Waals surface area contributed by atoms with Crippen LogP contribution in [-0.2, 0) is 21.4 Å². The molecular weight excluding hydrogens is 370 g/mol. The summed E-state index contributed by atoms with van der Waals surface area (Å²) < 4.78 is 26.5. The predicted octanol–water partition coefficient (Wildman–Crippen LogP) is 1.48. The predicted molar refractivity (Wildman–Crippen MR) is 98.6 cm³/mol. The zero-order chi connectivity index (χ0) is 19.4. The van der Waals surface area contributed by atoms with Gasteiger partial charge in [-0.3, -0.25) is 4.79 Å². The van der Waals surface area contributed by atoms with Gasteiger partial charge in [0.15, 0.2) is 0 Å². The van der Waals surface area contributed by atoms with E-state index in [0.29, 0.717) is 45.6 Å². The number of amides is 2. The first-order valence-electron chi connectivity index (χ1n) is 9.22. The number of sulfonamides is 1. The molecule has 2 aliphatic rings. The summed E-state index contributed by atoms with van der Waals surface area (Å²) in [6.45, 7) is 2.28. The Balaban J connectivity index is 1.51. The maximum atomic E-state index is 12.5. The van der Waals surface area contributed by atoms with Crippen LogP contribution >= 0.6 is 0 Å². The Morgan fingerprint density at radius 2 is 1.63 bits per heavy atom. The Morgan fingerprint density at radius 3 is 2.19 bits per heavy atom. The van der Waals surface area contributed by atoms with E-state index in [1.807, 2.05) is 0 Å². The van der Waals surface area contributed by atoms with Crippen LogP contribution in [0.2, 0.25) is 0 Å². The van der Waals surface area contributed by atoms with E-state index in [1.165, 1.54) is 4.31 Å². The van der Waals surface area contributed by atoms with Crippen molar-refractivity contribution in [2.45, 2.75) is 37.1 Å². The van der Waals surface area contributed by atoms with E-state index in [-0.39, 0.29) is 16.8 Å². The van der Waals surface area contributed by atoms with Gasteiger partial charge < -0.3 is 15.3 Å². The summed E-state index contributed by atoms with van der Waals surface area (Å²) in [7, 11) is -3.43. The molecular formula is C18H25N3O5S. The number of aliphatic carboxylic acids is 1. The summed E-state index contributed by atoms with van der Waals surface area (Å²) in [4.78, 5) is 25.1. The van der Waals surface area contributed by atoms with Crippen LogP contribution in [0.3, 0.4) is 0 Å². The number of piperidine rings is 1. The summed E-state index contributed by atoms with van der Waals surface area (Å²) in [5, 5.41) is 11.8.